The number of hydrogen-bond donors (Lipinski definition) is 0. The summed E-state index contributed by atoms with van der Waals surface area (Å²) in [6, 6.07) is 6.04. The fourth-order valence-electron chi connectivity index (χ4n) is 3.85. The summed E-state index contributed by atoms with van der Waals surface area (Å²) in [4.78, 5) is 23.7. The quantitative estimate of drug-likeness (QED) is 0.798. The third kappa shape index (κ3) is 4.39. The van der Waals surface area contributed by atoms with Gasteiger partial charge in [0.1, 0.15) is 5.82 Å². The molecule has 0 radical (unpaired) electrons. The standard InChI is InChI=1S/C20H26FN5O2/c1-24-10-12-26(13-11-24)20(27)16-6-8-25(9-7-16)14-18-22-19(23-28-18)15-2-4-17(21)5-3-15/h2-5,16H,6-14H2,1H3. The van der Waals surface area contributed by atoms with Crippen LogP contribution in [0.4, 0.5) is 4.39 Å². The first kappa shape index (κ1) is 19.0. The molecule has 0 bridgehead atoms. The van der Waals surface area contributed by atoms with Crippen LogP contribution in [0.25, 0.3) is 11.4 Å². The Hall–Kier alpha value is -2.32. The first-order chi connectivity index (χ1) is 13.6. The van der Waals surface area contributed by atoms with Crippen molar-refractivity contribution in [3.05, 3.63) is 36.0 Å². The van der Waals surface area contributed by atoms with E-state index in [-0.39, 0.29) is 11.7 Å². The van der Waals surface area contributed by atoms with Crippen molar-refractivity contribution in [2.24, 2.45) is 5.92 Å². The second-order valence-corrected chi connectivity index (χ2v) is 7.70. The van der Waals surface area contributed by atoms with Crippen LogP contribution in [0, 0.1) is 11.7 Å². The highest BCUT2D eigenvalue weighted by Crippen LogP contribution is 2.22. The Bertz CT molecular complexity index is 793. The van der Waals surface area contributed by atoms with E-state index in [1.165, 1.54) is 12.1 Å². The van der Waals surface area contributed by atoms with Gasteiger partial charge in [0.25, 0.3) is 0 Å². The zero-order valence-corrected chi connectivity index (χ0v) is 16.2. The molecule has 0 spiro atoms. The van der Waals surface area contributed by atoms with Crippen molar-refractivity contribution in [2.75, 3.05) is 46.3 Å². The summed E-state index contributed by atoms with van der Waals surface area (Å²) in [5, 5.41) is 3.99. The van der Waals surface area contributed by atoms with Crippen molar-refractivity contribution in [3.8, 4) is 11.4 Å². The van der Waals surface area contributed by atoms with Crippen molar-refractivity contribution >= 4 is 5.91 Å². The molecule has 2 aliphatic rings. The number of piperidine rings is 1. The summed E-state index contributed by atoms with van der Waals surface area (Å²) >= 11 is 0. The lowest BCUT2D eigenvalue weighted by atomic mass is 9.95. The average Bonchev–Trinajstić information content (AvgIpc) is 3.18. The van der Waals surface area contributed by atoms with Gasteiger partial charge in [-0.15, -0.1) is 0 Å². The molecule has 0 unspecified atom stereocenters. The number of hydrogen-bond acceptors (Lipinski definition) is 6. The molecule has 3 heterocycles. The van der Waals surface area contributed by atoms with Gasteiger partial charge in [0.05, 0.1) is 6.54 Å². The maximum atomic E-state index is 13.0. The van der Waals surface area contributed by atoms with Gasteiger partial charge in [-0.05, 0) is 57.2 Å². The van der Waals surface area contributed by atoms with Crippen LogP contribution in [-0.4, -0.2) is 77.1 Å². The number of benzene rings is 1. The number of carbonyl (C=O) groups excluding carboxylic acids is 1. The molecule has 0 atom stereocenters. The molecule has 2 aliphatic heterocycles. The van der Waals surface area contributed by atoms with Gasteiger partial charge in [-0.1, -0.05) is 5.16 Å². The van der Waals surface area contributed by atoms with E-state index in [1.54, 1.807) is 12.1 Å². The summed E-state index contributed by atoms with van der Waals surface area (Å²) in [6.07, 6.45) is 1.73. The topological polar surface area (TPSA) is 65.7 Å². The molecule has 1 aromatic carbocycles. The number of rotatable bonds is 4. The Morgan fingerprint density at radius 1 is 1.11 bits per heavy atom. The molecule has 0 aliphatic carbocycles. The van der Waals surface area contributed by atoms with Gasteiger partial charge >= 0.3 is 0 Å². The van der Waals surface area contributed by atoms with Crippen LogP contribution in [0.15, 0.2) is 28.8 Å². The van der Waals surface area contributed by atoms with E-state index in [9.17, 15) is 9.18 Å². The third-order valence-corrected chi connectivity index (χ3v) is 5.68. The number of likely N-dealkylation sites (tertiary alicyclic amines) is 1. The minimum Gasteiger partial charge on any atom is -0.340 e. The van der Waals surface area contributed by atoms with Crippen molar-refractivity contribution in [1.29, 1.82) is 0 Å². The first-order valence-corrected chi connectivity index (χ1v) is 9.87. The molecule has 150 valence electrons. The molecule has 2 fully saturated rings. The van der Waals surface area contributed by atoms with Gasteiger partial charge in [-0.2, -0.15) is 4.98 Å². The number of amides is 1. The summed E-state index contributed by atoms with van der Waals surface area (Å²) in [7, 11) is 2.10. The van der Waals surface area contributed by atoms with Gasteiger partial charge in [0, 0.05) is 37.7 Å². The molecule has 8 heteroatoms. The molecule has 1 amide bonds. The summed E-state index contributed by atoms with van der Waals surface area (Å²) in [6.45, 7) is 5.85. The summed E-state index contributed by atoms with van der Waals surface area (Å²) in [5.41, 5.74) is 0.730. The maximum Gasteiger partial charge on any atom is 0.241 e. The number of piperazine rings is 1. The van der Waals surface area contributed by atoms with Crippen molar-refractivity contribution < 1.29 is 13.7 Å². The Kier molecular flexibility index (Phi) is 5.68. The zero-order valence-electron chi connectivity index (χ0n) is 16.2. The molecule has 2 aromatic rings. The Balaban J connectivity index is 1.28. The van der Waals surface area contributed by atoms with E-state index in [0.717, 1.165) is 57.7 Å². The number of likely N-dealkylation sites (N-methyl/N-ethyl adjacent to an activating group) is 1. The van der Waals surface area contributed by atoms with E-state index < -0.39 is 0 Å². The van der Waals surface area contributed by atoms with Crippen molar-refractivity contribution in [3.63, 3.8) is 0 Å². The van der Waals surface area contributed by atoms with Crippen LogP contribution in [-0.2, 0) is 11.3 Å². The Labute approximate surface area is 164 Å². The monoisotopic (exact) mass is 387 g/mol. The van der Waals surface area contributed by atoms with Crippen LogP contribution in [0.3, 0.4) is 0 Å². The van der Waals surface area contributed by atoms with Gasteiger partial charge in [-0.3, -0.25) is 9.69 Å². The maximum absolute atomic E-state index is 13.0. The van der Waals surface area contributed by atoms with Crippen LogP contribution in [0.1, 0.15) is 18.7 Å². The highest BCUT2D eigenvalue weighted by molar-refractivity contribution is 5.79. The lowest BCUT2D eigenvalue weighted by Crippen LogP contribution is -2.50. The van der Waals surface area contributed by atoms with Gasteiger partial charge in [0.15, 0.2) is 0 Å². The molecule has 1 aromatic heterocycles. The second kappa shape index (κ2) is 8.36. The van der Waals surface area contributed by atoms with E-state index in [0.29, 0.717) is 24.2 Å². The number of aromatic nitrogens is 2. The molecule has 4 rings (SSSR count). The highest BCUT2D eigenvalue weighted by atomic mass is 19.1. The first-order valence-electron chi connectivity index (χ1n) is 9.87. The minimum atomic E-state index is -0.290. The largest absolute Gasteiger partial charge is 0.340 e. The Morgan fingerprint density at radius 3 is 2.46 bits per heavy atom. The predicted octanol–water partition coefficient (Wildman–Crippen LogP) is 1.86. The van der Waals surface area contributed by atoms with Crippen LogP contribution in [0.5, 0.6) is 0 Å². The van der Waals surface area contributed by atoms with Gasteiger partial charge in [-0.25, -0.2) is 4.39 Å². The second-order valence-electron chi connectivity index (χ2n) is 7.70. The van der Waals surface area contributed by atoms with Crippen LogP contribution in [0.2, 0.25) is 0 Å². The van der Waals surface area contributed by atoms with Gasteiger partial charge in [0.2, 0.25) is 17.6 Å². The normalized spacial score (nSPS) is 19.9. The number of carbonyl (C=O) groups is 1. The van der Waals surface area contributed by atoms with E-state index >= 15 is 0 Å². The van der Waals surface area contributed by atoms with Crippen molar-refractivity contribution in [2.45, 2.75) is 19.4 Å². The fourth-order valence-corrected chi connectivity index (χ4v) is 3.85. The summed E-state index contributed by atoms with van der Waals surface area (Å²) < 4.78 is 18.4. The lowest BCUT2D eigenvalue weighted by molar-refractivity contribution is -0.138. The predicted molar refractivity (Wildman–Crippen MR) is 102 cm³/mol. The molecule has 0 N–H and O–H groups in total. The number of nitrogens with zero attached hydrogens (tertiary/aromatic N) is 5. The lowest BCUT2D eigenvalue weighted by Gasteiger charge is -2.37. The third-order valence-electron chi connectivity index (χ3n) is 5.68. The molecule has 28 heavy (non-hydrogen) atoms. The minimum absolute atomic E-state index is 0.122. The van der Waals surface area contributed by atoms with Crippen molar-refractivity contribution in [1.82, 2.24) is 24.8 Å². The average molecular weight is 387 g/mol. The van der Waals surface area contributed by atoms with Crippen LogP contribution < -0.4 is 0 Å². The van der Waals surface area contributed by atoms with E-state index in [2.05, 4.69) is 27.0 Å². The molecule has 2 saturated heterocycles. The fraction of sp³-hybridized carbons (Fsp3) is 0.550. The summed E-state index contributed by atoms with van der Waals surface area (Å²) in [5.74, 6) is 1.15. The molecule has 0 saturated carbocycles. The van der Waals surface area contributed by atoms with Crippen LogP contribution >= 0.6 is 0 Å². The molecular formula is C20H26FN5O2. The molecule has 7 nitrogen and oxygen atoms in total. The SMILES string of the molecule is CN1CCN(C(=O)C2CCN(Cc3nc(-c4ccc(F)cc4)no3)CC2)CC1. The van der Waals surface area contributed by atoms with E-state index in [4.69, 9.17) is 4.52 Å². The highest BCUT2D eigenvalue weighted by Gasteiger charge is 2.30. The number of halogens is 1. The van der Waals surface area contributed by atoms with Gasteiger partial charge < -0.3 is 14.3 Å². The molecular weight excluding hydrogens is 361 g/mol. The van der Waals surface area contributed by atoms with E-state index in [1.807, 2.05) is 4.90 Å². The smallest absolute Gasteiger partial charge is 0.241 e. The Morgan fingerprint density at radius 2 is 1.79 bits per heavy atom. The zero-order chi connectivity index (χ0) is 19.5.